The number of aromatic nitrogens is 1. The van der Waals surface area contributed by atoms with E-state index in [-0.39, 0.29) is 28.4 Å². The summed E-state index contributed by atoms with van der Waals surface area (Å²) in [6.07, 6.45) is 2.49. The van der Waals surface area contributed by atoms with E-state index in [2.05, 4.69) is 15.2 Å². The average Bonchev–Trinajstić information content (AvgIpc) is 3.46. The van der Waals surface area contributed by atoms with Crippen molar-refractivity contribution in [2.24, 2.45) is 11.8 Å². The van der Waals surface area contributed by atoms with Gasteiger partial charge in [0.15, 0.2) is 0 Å². The van der Waals surface area contributed by atoms with Crippen molar-refractivity contribution >= 4 is 23.4 Å². The molecule has 2 aliphatic rings. The summed E-state index contributed by atoms with van der Waals surface area (Å²) in [6, 6.07) is 16.1. The zero-order chi connectivity index (χ0) is 26.8. The Morgan fingerprint density at radius 2 is 1.71 bits per heavy atom. The SMILES string of the molecule is Cc1ccnc(C)c1C(=O)N[C@@H](CCN1CC2CN(C(=O)c3c(F)cccc3Cl)CC2C1)c1ccccc1. The number of hydrogen-bond acceptors (Lipinski definition) is 4. The third kappa shape index (κ3) is 5.45. The molecule has 2 fully saturated rings. The minimum absolute atomic E-state index is 0.0356. The molecule has 2 aromatic carbocycles. The van der Waals surface area contributed by atoms with Gasteiger partial charge in [0.25, 0.3) is 11.8 Å². The summed E-state index contributed by atoms with van der Waals surface area (Å²) in [5.41, 5.74) is 3.29. The number of nitrogens with zero attached hydrogens (tertiary/aromatic N) is 3. The van der Waals surface area contributed by atoms with Crippen LogP contribution in [-0.4, -0.2) is 59.3 Å². The average molecular weight is 535 g/mol. The number of halogens is 2. The van der Waals surface area contributed by atoms with Gasteiger partial charge in [0, 0.05) is 38.9 Å². The van der Waals surface area contributed by atoms with Crippen molar-refractivity contribution in [1.29, 1.82) is 0 Å². The highest BCUT2D eigenvalue weighted by molar-refractivity contribution is 6.33. The molecule has 2 amide bonds. The smallest absolute Gasteiger partial charge is 0.258 e. The van der Waals surface area contributed by atoms with Crippen molar-refractivity contribution in [2.75, 3.05) is 32.7 Å². The molecule has 198 valence electrons. The van der Waals surface area contributed by atoms with Gasteiger partial charge in [0.2, 0.25) is 0 Å². The molecule has 3 heterocycles. The first-order chi connectivity index (χ1) is 18.3. The summed E-state index contributed by atoms with van der Waals surface area (Å²) in [5.74, 6) is -0.333. The number of amides is 2. The Bertz CT molecular complexity index is 1280. The van der Waals surface area contributed by atoms with E-state index in [9.17, 15) is 14.0 Å². The molecule has 0 bridgehead atoms. The Hall–Kier alpha value is -3.29. The van der Waals surface area contributed by atoms with Crippen molar-refractivity contribution in [3.8, 4) is 0 Å². The molecule has 3 atom stereocenters. The van der Waals surface area contributed by atoms with Crippen LogP contribution in [-0.2, 0) is 0 Å². The zero-order valence-electron chi connectivity index (χ0n) is 21.7. The Balaban J connectivity index is 1.21. The van der Waals surface area contributed by atoms with Gasteiger partial charge in [-0.1, -0.05) is 48.0 Å². The van der Waals surface area contributed by atoms with Gasteiger partial charge < -0.3 is 15.1 Å². The Kier molecular flexibility index (Phi) is 7.77. The third-order valence-electron chi connectivity index (χ3n) is 7.84. The van der Waals surface area contributed by atoms with Gasteiger partial charge in [-0.05, 0) is 61.4 Å². The van der Waals surface area contributed by atoms with Crippen LogP contribution in [0.1, 0.15) is 50.0 Å². The van der Waals surface area contributed by atoms with E-state index in [0.717, 1.165) is 42.9 Å². The zero-order valence-corrected chi connectivity index (χ0v) is 22.4. The van der Waals surface area contributed by atoms with Crippen LogP contribution in [0.2, 0.25) is 5.02 Å². The largest absolute Gasteiger partial charge is 0.345 e. The molecule has 2 saturated heterocycles. The highest BCUT2D eigenvalue weighted by atomic mass is 35.5. The van der Waals surface area contributed by atoms with Gasteiger partial charge in [-0.15, -0.1) is 0 Å². The predicted octanol–water partition coefficient (Wildman–Crippen LogP) is 5.06. The highest BCUT2D eigenvalue weighted by Gasteiger charge is 2.42. The minimum Gasteiger partial charge on any atom is -0.345 e. The quantitative estimate of drug-likeness (QED) is 0.460. The lowest BCUT2D eigenvalue weighted by Crippen LogP contribution is -2.36. The summed E-state index contributed by atoms with van der Waals surface area (Å²) in [6.45, 7) is 7.55. The van der Waals surface area contributed by atoms with Crippen LogP contribution in [0.3, 0.4) is 0 Å². The molecule has 0 aliphatic carbocycles. The normalized spacial score (nSPS) is 19.8. The summed E-state index contributed by atoms with van der Waals surface area (Å²) < 4.78 is 14.3. The second kappa shape index (κ2) is 11.2. The van der Waals surface area contributed by atoms with Crippen LogP contribution in [0.5, 0.6) is 0 Å². The number of benzene rings is 2. The number of nitrogens with one attached hydrogen (secondary N) is 1. The lowest BCUT2D eigenvalue weighted by atomic mass is 10.0. The Morgan fingerprint density at radius 1 is 1.00 bits per heavy atom. The monoisotopic (exact) mass is 534 g/mol. The van der Waals surface area contributed by atoms with Gasteiger partial charge >= 0.3 is 0 Å². The lowest BCUT2D eigenvalue weighted by Gasteiger charge is -2.25. The topological polar surface area (TPSA) is 65.5 Å². The van der Waals surface area contributed by atoms with Crippen molar-refractivity contribution < 1.29 is 14.0 Å². The Labute approximate surface area is 227 Å². The molecule has 8 heteroatoms. The van der Waals surface area contributed by atoms with E-state index in [0.29, 0.717) is 30.5 Å². The van der Waals surface area contributed by atoms with E-state index in [1.807, 2.05) is 50.2 Å². The van der Waals surface area contributed by atoms with Gasteiger partial charge in [0.05, 0.1) is 27.9 Å². The maximum Gasteiger partial charge on any atom is 0.258 e. The fourth-order valence-corrected chi connectivity index (χ4v) is 6.13. The van der Waals surface area contributed by atoms with Crippen LogP contribution in [0.15, 0.2) is 60.8 Å². The van der Waals surface area contributed by atoms with E-state index < -0.39 is 5.82 Å². The van der Waals surface area contributed by atoms with Gasteiger partial charge in [-0.25, -0.2) is 4.39 Å². The van der Waals surface area contributed by atoms with E-state index in [1.165, 1.54) is 12.1 Å². The molecular weight excluding hydrogens is 503 g/mol. The first kappa shape index (κ1) is 26.3. The predicted molar refractivity (Wildman–Crippen MR) is 146 cm³/mol. The van der Waals surface area contributed by atoms with Crippen molar-refractivity contribution in [3.05, 3.63) is 99.6 Å². The molecule has 0 spiro atoms. The molecule has 38 heavy (non-hydrogen) atoms. The summed E-state index contributed by atoms with van der Waals surface area (Å²) in [4.78, 5) is 34.7. The molecule has 2 aliphatic heterocycles. The number of aryl methyl sites for hydroxylation is 2. The molecule has 6 nitrogen and oxygen atoms in total. The maximum absolute atomic E-state index is 14.3. The molecule has 0 saturated carbocycles. The van der Waals surface area contributed by atoms with Crippen LogP contribution < -0.4 is 5.32 Å². The fraction of sp³-hybridized carbons (Fsp3) is 0.367. The highest BCUT2D eigenvalue weighted by Crippen LogP contribution is 2.34. The number of fused-ring (bicyclic) bond motifs is 1. The van der Waals surface area contributed by atoms with E-state index in [4.69, 9.17) is 11.6 Å². The van der Waals surface area contributed by atoms with Crippen molar-refractivity contribution in [2.45, 2.75) is 26.3 Å². The molecule has 0 radical (unpaired) electrons. The number of carbonyl (C=O) groups is 2. The summed E-state index contributed by atoms with van der Waals surface area (Å²) in [5, 5.41) is 3.40. The van der Waals surface area contributed by atoms with Crippen molar-refractivity contribution in [3.63, 3.8) is 0 Å². The molecule has 3 aromatic rings. The summed E-state index contributed by atoms with van der Waals surface area (Å²) >= 11 is 6.13. The van der Waals surface area contributed by atoms with Gasteiger partial charge in [0.1, 0.15) is 5.82 Å². The first-order valence-electron chi connectivity index (χ1n) is 13.1. The molecule has 1 aromatic heterocycles. The van der Waals surface area contributed by atoms with Crippen LogP contribution in [0, 0.1) is 31.5 Å². The minimum atomic E-state index is -0.577. The number of hydrogen-bond donors (Lipinski definition) is 1. The maximum atomic E-state index is 14.3. The standard InChI is InChI=1S/C30H32ClFN4O2/c1-19-11-13-33-20(2)27(19)29(37)34-26(21-7-4-3-5-8-21)12-14-35-15-22-17-36(18-23(22)16-35)30(38)28-24(31)9-6-10-25(28)32/h3-11,13,22-23,26H,12,14-18H2,1-2H3,(H,34,37)/t22?,23?,26-/m0/s1. The van der Waals surface area contributed by atoms with Crippen LogP contribution in [0.25, 0.3) is 0 Å². The third-order valence-corrected chi connectivity index (χ3v) is 8.16. The van der Waals surface area contributed by atoms with Gasteiger partial charge in [-0.2, -0.15) is 0 Å². The molecule has 5 rings (SSSR count). The van der Waals surface area contributed by atoms with Crippen LogP contribution in [0.4, 0.5) is 4.39 Å². The number of carbonyl (C=O) groups excluding carboxylic acids is 2. The van der Waals surface area contributed by atoms with Crippen LogP contribution >= 0.6 is 11.6 Å². The second-order valence-corrected chi connectivity index (χ2v) is 10.8. The van der Waals surface area contributed by atoms with Gasteiger partial charge in [-0.3, -0.25) is 14.6 Å². The summed E-state index contributed by atoms with van der Waals surface area (Å²) in [7, 11) is 0. The lowest BCUT2D eigenvalue weighted by molar-refractivity contribution is 0.0769. The first-order valence-corrected chi connectivity index (χ1v) is 13.4. The van der Waals surface area contributed by atoms with Crippen molar-refractivity contribution in [1.82, 2.24) is 20.1 Å². The van der Waals surface area contributed by atoms with E-state index in [1.54, 1.807) is 17.2 Å². The second-order valence-electron chi connectivity index (χ2n) is 10.4. The molecular formula is C30H32ClFN4O2. The number of likely N-dealkylation sites (tertiary alicyclic amines) is 2. The number of rotatable bonds is 7. The van der Waals surface area contributed by atoms with E-state index >= 15 is 0 Å². The molecule has 1 N–H and O–H groups in total. The Morgan fingerprint density at radius 3 is 2.37 bits per heavy atom. The number of pyridine rings is 1. The molecule has 2 unspecified atom stereocenters. The fourth-order valence-electron chi connectivity index (χ4n) is 5.89.